The first-order valence-corrected chi connectivity index (χ1v) is 7.71. The van der Waals surface area contributed by atoms with Crippen molar-refractivity contribution < 1.29 is 0 Å². The molecule has 0 spiro atoms. The van der Waals surface area contributed by atoms with E-state index in [0.717, 1.165) is 12.8 Å². The van der Waals surface area contributed by atoms with Crippen molar-refractivity contribution in [1.29, 1.82) is 0 Å². The Bertz CT molecular complexity index is 500. The molecule has 0 unspecified atom stereocenters. The van der Waals surface area contributed by atoms with Gasteiger partial charge in [-0.3, -0.25) is 14.3 Å². The molecular weight excluding hydrogens is 272 g/mol. The monoisotopic (exact) mass is 288 g/mol. The molecule has 0 radical (unpaired) electrons. The second kappa shape index (κ2) is 5.53. The molecule has 1 fully saturated rings. The van der Waals surface area contributed by atoms with Crippen LogP contribution < -0.4 is 11.2 Å². The molecule has 1 N–H and O–H groups in total. The van der Waals surface area contributed by atoms with Gasteiger partial charge in [0, 0.05) is 17.4 Å². The minimum atomic E-state index is -0.411. The molecule has 18 heavy (non-hydrogen) atoms. The van der Waals surface area contributed by atoms with E-state index in [2.05, 4.69) is 11.2 Å². The van der Waals surface area contributed by atoms with Gasteiger partial charge in [0.2, 0.25) is 0 Å². The molecule has 1 aliphatic rings. The van der Waals surface area contributed by atoms with Crippen molar-refractivity contribution in [3.63, 3.8) is 0 Å². The lowest BCUT2D eigenvalue weighted by molar-refractivity contribution is 0.350. The van der Waals surface area contributed by atoms with Crippen LogP contribution in [-0.4, -0.2) is 20.6 Å². The molecule has 0 aliphatic heterocycles. The molecule has 2 rings (SSSR count). The highest BCUT2D eigenvalue weighted by Gasteiger charge is 2.32. The van der Waals surface area contributed by atoms with E-state index in [1.54, 1.807) is 11.8 Å². The van der Waals surface area contributed by atoms with Crippen LogP contribution in [0.5, 0.6) is 0 Å². The van der Waals surface area contributed by atoms with Gasteiger partial charge in [0.05, 0.1) is 0 Å². The number of aromatic amines is 1. The highest BCUT2D eigenvalue weighted by Crippen LogP contribution is 2.39. The van der Waals surface area contributed by atoms with Gasteiger partial charge in [-0.1, -0.05) is 30.9 Å². The molecule has 1 aliphatic carbocycles. The average Bonchev–Trinajstić information content (AvgIpc) is 2.35. The van der Waals surface area contributed by atoms with Crippen LogP contribution in [0.1, 0.15) is 32.1 Å². The molecule has 6 heteroatoms. The first-order valence-electron chi connectivity index (χ1n) is 6.11. The molecule has 1 aromatic heterocycles. The van der Waals surface area contributed by atoms with Gasteiger partial charge in [-0.25, -0.2) is 4.79 Å². The van der Waals surface area contributed by atoms with Gasteiger partial charge in [0.1, 0.15) is 5.15 Å². The largest absolute Gasteiger partial charge is 0.329 e. The minimum absolute atomic E-state index is 0.0168. The van der Waals surface area contributed by atoms with Crippen LogP contribution in [0, 0.1) is 0 Å². The molecule has 0 saturated heterocycles. The van der Waals surface area contributed by atoms with E-state index < -0.39 is 5.69 Å². The molecule has 0 amide bonds. The van der Waals surface area contributed by atoms with Crippen LogP contribution in [0.3, 0.4) is 0 Å². The number of halogens is 1. The SMILES string of the molecule is CSC1(Cn2c(=O)cc(Cl)[nH]c2=O)CCCCC1. The third kappa shape index (κ3) is 2.83. The summed E-state index contributed by atoms with van der Waals surface area (Å²) in [4.78, 5) is 26.1. The van der Waals surface area contributed by atoms with Gasteiger partial charge >= 0.3 is 5.69 Å². The van der Waals surface area contributed by atoms with Crippen molar-refractivity contribution in [2.45, 2.75) is 43.4 Å². The summed E-state index contributed by atoms with van der Waals surface area (Å²) in [5.41, 5.74) is -0.728. The third-order valence-corrected chi connectivity index (χ3v) is 5.24. The second-order valence-corrected chi connectivity index (χ2v) is 6.48. The number of aromatic nitrogens is 2. The standard InChI is InChI=1S/C12H17ClN2O2S/c1-18-12(5-3-2-4-6-12)8-15-10(16)7-9(13)14-11(15)17/h7H,2-6,8H2,1H3,(H,14,17). The lowest BCUT2D eigenvalue weighted by atomic mass is 9.88. The Morgan fingerprint density at radius 1 is 1.39 bits per heavy atom. The highest BCUT2D eigenvalue weighted by molar-refractivity contribution is 8.00. The predicted octanol–water partition coefficient (Wildman–Crippen LogP) is 2.26. The number of rotatable bonds is 3. The Morgan fingerprint density at radius 2 is 2.06 bits per heavy atom. The Kier molecular flexibility index (Phi) is 4.22. The van der Waals surface area contributed by atoms with E-state index in [1.807, 2.05) is 0 Å². The molecule has 1 aromatic rings. The van der Waals surface area contributed by atoms with E-state index in [0.29, 0.717) is 6.54 Å². The van der Waals surface area contributed by atoms with Crippen molar-refractivity contribution in [2.24, 2.45) is 0 Å². The van der Waals surface area contributed by atoms with Gasteiger partial charge in [0.25, 0.3) is 5.56 Å². The summed E-state index contributed by atoms with van der Waals surface area (Å²) < 4.78 is 1.29. The van der Waals surface area contributed by atoms with Crippen molar-refractivity contribution in [1.82, 2.24) is 9.55 Å². The van der Waals surface area contributed by atoms with Crippen LogP contribution in [0.15, 0.2) is 15.7 Å². The summed E-state index contributed by atoms with van der Waals surface area (Å²) in [5.74, 6) is 0. The summed E-state index contributed by atoms with van der Waals surface area (Å²) in [5, 5.41) is 0.100. The lowest BCUT2D eigenvalue weighted by Gasteiger charge is -2.35. The van der Waals surface area contributed by atoms with Gasteiger partial charge in [-0.15, -0.1) is 0 Å². The third-order valence-electron chi connectivity index (χ3n) is 3.63. The lowest BCUT2D eigenvalue weighted by Crippen LogP contribution is -2.43. The number of hydrogen-bond acceptors (Lipinski definition) is 3. The Balaban J connectivity index is 2.33. The van der Waals surface area contributed by atoms with Crippen LogP contribution in [0.4, 0.5) is 0 Å². The van der Waals surface area contributed by atoms with Gasteiger partial charge < -0.3 is 0 Å². The van der Waals surface area contributed by atoms with Crippen LogP contribution in [0.25, 0.3) is 0 Å². The van der Waals surface area contributed by atoms with Crippen molar-refractivity contribution in [3.8, 4) is 0 Å². The van der Waals surface area contributed by atoms with E-state index in [9.17, 15) is 9.59 Å². The fourth-order valence-corrected chi connectivity index (χ4v) is 3.68. The molecule has 100 valence electrons. The molecular formula is C12H17ClN2O2S. The zero-order chi connectivity index (χ0) is 13.2. The zero-order valence-electron chi connectivity index (χ0n) is 10.4. The fraction of sp³-hybridized carbons (Fsp3) is 0.667. The highest BCUT2D eigenvalue weighted by atomic mass is 35.5. The summed E-state index contributed by atoms with van der Waals surface area (Å²) in [6.07, 6.45) is 7.75. The van der Waals surface area contributed by atoms with Gasteiger partial charge in [-0.2, -0.15) is 11.8 Å². The van der Waals surface area contributed by atoms with E-state index in [-0.39, 0.29) is 15.5 Å². The predicted molar refractivity (Wildman–Crippen MR) is 75.7 cm³/mol. The average molecular weight is 289 g/mol. The minimum Gasteiger partial charge on any atom is -0.298 e. The maximum atomic E-state index is 11.8. The summed E-state index contributed by atoms with van der Waals surface area (Å²) in [6.45, 7) is 0.472. The molecule has 0 atom stereocenters. The first-order chi connectivity index (χ1) is 8.56. The summed E-state index contributed by atoms with van der Waals surface area (Å²) >= 11 is 7.42. The Labute approximate surface area is 115 Å². The van der Waals surface area contributed by atoms with Gasteiger partial charge in [0.15, 0.2) is 0 Å². The van der Waals surface area contributed by atoms with Crippen molar-refractivity contribution >= 4 is 23.4 Å². The number of thioether (sulfide) groups is 1. The van der Waals surface area contributed by atoms with Crippen LogP contribution >= 0.6 is 23.4 Å². The number of hydrogen-bond donors (Lipinski definition) is 1. The number of nitrogens with one attached hydrogen (secondary N) is 1. The normalized spacial score (nSPS) is 18.8. The summed E-state index contributed by atoms with van der Waals surface area (Å²) in [6, 6.07) is 1.26. The van der Waals surface area contributed by atoms with E-state index >= 15 is 0 Å². The Morgan fingerprint density at radius 3 is 2.61 bits per heavy atom. The van der Waals surface area contributed by atoms with Gasteiger partial charge in [-0.05, 0) is 19.1 Å². The molecule has 4 nitrogen and oxygen atoms in total. The smallest absolute Gasteiger partial charge is 0.298 e. The second-order valence-electron chi connectivity index (χ2n) is 4.79. The number of nitrogens with zero attached hydrogens (tertiary/aromatic N) is 1. The van der Waals surface area contributed by atoms with E-state index in [4.69, 9.17) is 11.6 Å². The van der Waals surface area contributed by atoms with Crippen LogP contribution in [0.2, 0.25) is 5.15 Å². The summed E-state index contributed by atoms with van der Waals surface area (Å²) in [7, 11) is 0. The molecule has 1 heterocycles. The first kappa shape index (κ1) is 13.7. The maximum Gasteiger partial charge on any atom is 0.329 e. The Hall–Kier alpha value is -0.680. The maximum absolute atomic E-state index is 11.8. The molecule has 0 bridgehead atoms. The topological polar surface area (TPSA) is 54.9 Å². The number of H-pyrrole nitrogens is 1. The molecule has 1 saturated carbocycles. The van der Waals surface area contributed by atoms with Crippen molar-refractivity contribution in [3.05, 3.63) is 32.1 Å². The fourth-order valence-electron chi connectivity index (χ4n) is 2.55. The van der Waals surface area contributed by atoms with Crippen molar-refractivity contribution in [2.75, 3.05) is 6.26 Å². The van der Waals surface area contributed by atoms with E-state index in [1.165, 1.54) is 29.9 Å². The quantitative estimate of drug-likeness (QED) is 0.868. The molecule has 0 aromatic carbocycles. The van der Waals surface area contributed by atoms with Crippen LogP contribution in [-0.2, 0) is 6.54 Å². The zero-order valence-corrected chi connectivity index (χ0v) is 11.9.